The SMILES string of the molecule is CC(=O)N[C@H](Cc1ccc2ccccc2c1)C(=O)N[C@H](Cc1ccc(Cl)cc1)C(=O)N[C@H](Cc1ccccn1)C(=O)N1CCC[C@H]1C(=O)N[C@@H](CCCN=C(N)N)C(=O)N1CCC[C@H]1C(=O)N[C@H](C)C(N)=O. The number of hydrogen-bond acceptors (Lipinski definition) is 10. The zero-order valence-corrected chi connectivity index (χ0v) is 41.1. The van der Waals surface area contributed by atoms with E-state index < -0.39 is 89.6 Å². The molecule has 0 aliphatic carbocycles. The molecule has 382 valence electrons. The van der Waals surface area contributed by atoms with E-state index in [0.717, 1.165) is 16.3 Å². The third kappa shape index (κ3) is 15.0. The van der Waals surface area contributed by atoms with Gasteiger partial charge in [0.1, 0.15) is 42.3 Å². The number of carbonyl (C=O) groups is 8. The predicted molar refractivity (Wildman–Crippen MR) is 270 cm³/mol. The third-order valence-corrected chi connectivity index (χ3v) is 13.0. The van der Waals surface area contributed by atoms with Crippen molar-refractivity contribution in [1.29, 1.82) is 0 Å². The molecule has 20 nitrogen and oxygen atoms in total. The van der Waals surface area contributed by atoms with Gasteiger partial charge in [-0.1, -0.05) is 72.3 Å². The van der Waals surface area contributed by atoms with Crippen molar-refractivity contribution in [2.45, 2.75) is 114 Å². The molecule has 2 fully saturated rings. The largest absolute Gasteiger partial charge is 0.370 e. The van der Waals surface area contributed by atoms with Crippen molar-refractivity contribution < 1.29 is 38.4 Å². The Kier molecular flexibility index (Phi) is 19.0. The first-order valence-corrected chi connectivity index (χ1v) is 24.4. The summed E-state index contributed by atoms with van der Waals surface area (Å²) < 4.78 is 0. The quantitative estimate of drug-likeness (QED) is 0.0311. The number of nitrogens with one attached hydrogen (secondary N) is 5. The molecule has 1 aromatic heterocycles. The van der Waals surface area contributed by atoms with Crippen LogP contribution >= 0.6 is 11.6 Å². The molecule has 2 aliphatic heterocycles. The number of nitrogens with zero attached hydrogens (tertiary/aromatic N) is 4. The van der Waals surface area contributed by atoms with Gasteiger partial charge in [-0.05, 0) is 91.6 Å². The normalized spacial score (nSPS) is 17.4. The maximum atomic E-state index is 14.9. The maximum absolute atomic E-state index is 14.9. The van der Waals surface area contributed by atoms with Crippen molar-refractivity contribution in [3.8, 4) is 0 Å². The first-order chi connectivity index (χ1) is 34.5. The summed E-state index contributed by atoms with van der Waals surface area (Å²) in [7, 11) is 0. The van der Waals surface area contributed by atoms with Crippen molar-refractivity contribution in [2.75, 3.05) is 19.6 Å². The van der Waals surface area contributed by atoms with Gasteiger partial charge in [0.2, 0.25) is 47.3 Å². The Morgan fingerprint density at radius 3 is 1.85 bits per heavy atom. The second kappa shape index (κ2) is 25.5. The molecule has 4 aromatic rings. The monoisotopic (exact) mass is 1010 g/mol. The van der Waals surface area contributed by atoms with Crippen molar-refractivity contribution in [3.05, 3.63) is 113 Å². The van der Waals surface area contributed by atoms with E-state index >= 15 is 0 Å². The fraction of sp³-hybridized carbons (Fsp3) is 0.412. The van der Waals surface area contributed by atoms with E-state index in [2.05, 4.69) is 36.6 Å². The molecule has 8 amide bonds. The first kappa shape index (κ1) is 53.7. The Hall–Kier alpha value is -7.61. The second-order valence-corrected chi connectivity index (χ2v) is 18.6. The Labute approximate surface area is 422 Å². The van der Waals surface area contributed by atoms with Gasteiger partial charge in [0.25, 0.3) is 0 Å². The summed E-state index contributed by atoms with van der Waals surface area (Å²) in [5.41, 5.74) is 18.3. The number of amides is 8. The van der Waals surface area contributed by atoms with Crippen molar-refractivity contribution >= 4 is 75.6 Å². The summed E-state index contributed by atoms with van der Waals surface area (Å²) in [6.45, 7) is 3.22. The third-order valence-electron chi connectivity index (χ3n) is 12.7. The second-order valence-electron chi connectivity index (χ2n) is 18.1. The molecule has 0 unspecified atom stereocenters. The van der Waals surface area contributed by atoms with Crippen LogP contribution in [0.3, 0.4) is 0 Å². The molecule has 0 radical (unpaired) electrons. The fourth-order valence-corrected chi connectivity index (χ4v) is 9.14. The van der Waals surface area contributed by atoms with E-state index in [9.17, 15) is 38.4 Å². The number of primary amides is 1. The van der Waals surface area contributed by atoms with E-state index in [0.29, 0.717) is 35.5 Å². The zero-order chi connectivity index (χ0) is 51.9. The molecule has 3 aromatic carbocycles. The highest BCUT2D eigenvalue weighted by Crippen LogP contribution is 2.24. The number of aliphatic imine (C=N–C) groups is 1. The molecule has 72 heavy (non-hydrogen) atoms. The zero-order valence-electron chi connectivity index (χ0n) is 40.4. The summed E-state index contributed by atoms with van der Waals surface area (Å²) in [5.74, 6) is -5.05. The smallest absolute Gasteiger partial charge is 0.246 e. The van der Waals surface area contributed by atoms with Gasteiger partial charge in [-0.15, -0.1) is 0 Å². The predicted octanol–water partition coefficient (Wildman–Crippen LogP) is 0.901. The number of pyridine rings is 1. The minimum atomic E-state index is -1.29. The summed E-state index contributed by atoms with van der Waals surface area (Å²) >= 11 is 6.20. The standard InChI is InChI=1S/C51H63ClN12O8/c1-30(44(53)66)58-47(69)42-14-8-24-63(42)49(71)38(13-7-23-57-51(54)55)60-48(70)43-15-9-25-64(43)50(72)41(29-37-12-5-6-22-56-37)62-46(68)40(27-32-17-20-36(52)21-18-32)61-45(67)39(59-31(2)65)28-33-16-19-34-10-3-4-11-35(34)26-33/h3-6,10-12,16-22,26,30,38-43H,7-9,13-15,23-25,27-29H2,1-2H3,(H2,53,66)(H,58,69)(H,59,65)(H,60,70)(H,61,67)(H,62,68)(H4,54,55,57)/t30-,38+,39-,40-,41-,42+,43+/m1/s1. The van der Waals surface area contributed by atoms with Crippen LogP contribution in [0, 0.1) is 0 Å². The maximum Gasteiger partial charge on any atom is 0.246 e. The molecule has 7 atom stereocenters. The summed E-state index contributed by atoms with van der Waals surface area (Å²) in [6.07, 6.45) is 3.34. The summed E-state index contributed by atoms with van der Waals surface area (Å²) in [6, 6.07) is 17.5. The van der Waals surface area contributed by atoms with Crippen LogP contribution in [0.15, 0.2) is 96.1 Å². The lowest BCUT2D eigenvalue weighted by Gasteiger charge is -2.32. The molecule has 0 bridgehead atoms. The minimum absolute atomic E-state index is 0.0287. The van der Waals surface area contributed by atoms with Gasteiger partial charge in [-0.2, -0.15) is 0 Å². The molecule has 0 spiro atoms. The Morgan fingerprint density at radius 1 is 0.667 bits per heavy atom. The Morgan fingerprint density at radius 2 is 1.24 bits per heavy atom. The molecule has 2 saturated heterocycles. The Balaban J connectivity index is 1.24. The lowest BCUT2D eigenvalue weighted by atomic mass is 9.99. The highest BCUT2D eigenvalue weighted by atomic mass is 35.5. The molecular weight excluding hydrogens is 944 g/mol. The molecule has 0 saturated carbocycles. The number of halogens is 1. The topological polar surface area (TPSA) is 306 Å². The van der Waals surface area contributed by atoms with Crippen LogP contribution in [0.2, 0.25) is 5.02 Å². The lowest BCUT2D eigenvalue weighted by Crippen LogP contribution is -2.60. The number of benzene rings is 3. The summed E-state index contributed by atoms with van der Waals surface area (Å²) in [5, 5.41) is 16.3. The van der Waals surface area contributed by atoms with Crippen molar-refractivity contribution in [2.24, 2.45) is 22.2 Å². The number of guanidine groups is 1. The van der Waals surface area contributed by atoms with Gasteiger partial charge >= 0.3 is 0 Å². The molecule has 21 heteroatoms. The minimum Gasteiger partial charge on any atom is -0.370 e. The van der Waals surface area contributed by atoms with Crippen LogP contribution in [-0.2, 0) is 57.6 Å². The van der Waals surface area contributed by atoms with Gasteiger partial charge < -0.3 is 53.6 Å². The van der Waals surface area contributed by atoms with E-state index in [1.54, 1.807) is 48.7 Å². The van der Waals surface area contributed by atoms with Crippen molar-refractivity contribution in [3.63, 3.8) is 0 Å². The number of likely N-dealkylation sites (tertiary alicyclic amines) is 2. The van der Waals surface area contributed by atoms with Gasteiger partial charge in [0, 0.05) is 62.7 Å². The number of hydrogen-bond donors (Lipinski definition) is 8. The van der Waals surface area contributed by atoms with Crippen LogP contribution in [-0.4, -0.2) is 130 Å². The number of carbonyl (C=O) groups excluding carboxylic acids is 8. The van der Waals surface area contributed by atoms with E-state index in [4.69, 9.17) is 28.8 Å². The number of nitrogens with two attached hydrogens (primary N) is 3. The molecule has 3 heterocycles. The average Bonchev–Trinajstić information content (AvgIpc) is 4.06. The molecule has 6 rings (SSSR count). The van der Waals surface area contributed by atoms with Crippen LogP contribution < -0.4 is 43.8 Å². The highest BCUT2D eigenvalue weighted by Gasteiger charge is 2.42. The summed E-state index contributed by atoms with van der Waals surface area (Å²) in [4.78, 5) is 121. The van der Waals surface area contributed by atoms with E-state index in [-0.39, 0.29) is 64.1 Å². The van der Waals surface area contributed by atoms with Crippen LogP contribution in [0.5, 0.6) is 0 Å². The lowest BCUT2D eigenvalue weighted by molar-refractivity contribution is -0.144. The average molecular weight is 1010 g/mol. The fourth-order valence-electron chi connectivity index (χ4n) is 9.01. The van der Waals surface area contributed by atoms with Gasteiger partial charge in [0.15, 0.2) is 5.96 Å². The van der Waals surface area contributed by atoms with Crippen molar-refractivity contribution in [1.82, 2.24) is 41.4 Å². The van der Waals surface area contributed by atoms with Gasteiger partial charge in [-0.3, -0.25) is 48.3 Å². The van der Waals surface area contributed by atoms with Crippen LogP contribution in [0.25, 0.3) is 10.8 Å². The van der Waals surface area contributed by atoms with E-state index in [1.165, 1.54) is 23.6 Å². The number of aromatic nitrogens is 1. The Bertz CT molecular complexity index is 2630. The highest BCUT2D eigenvalue weighted by molar-refractivity contribution is 6.30. The number of rotatable bonds is 22. The van der Waals surface area contributed by atoms with Gasteiger partial charge in [0.05, 0.1) is 0 Å². The van der Waals surface area contributed by atoms with Crippen LogP contribution in [0.1, 0.15) is 69.2 Å². The van der Waals surface area contributed by atoms with Crippen LogP contribution in [0.4, 0.5) is 0 Å². The first-order valence-electron chi connectivity index (χ1n) is 24.0. The molecule has 2 aliphatic rings. The van der Waals surface area contributed by atoms with Gasteiger partial charge in [-0.25, -0.2) is 0 Å². The molecular formula is C51H63ClN12O8. The van der Waals surface area contributed by atoms with E-state index in [1.807, 2.05) is 42.5 Å². The number of fused-ring (bicyclic) bond motifs is 1. The molecule has 11 N–H and O–H groups in total.